The lowest BCUT2D eigenvalue weighted by Gasteiger charge is -2.48. The van der Waals surface area contributed by atoms with Crippen LogP contribution in [-0.2, 0) is 82.3 Å². The van der Waals surface area contributed by atoms with Crippen LogP contribution < -0.4 is 0 Å². The van der Waals surface area contributed by atoms with Crippen molar-refractivity contribution in [1.29, 1.82) is 0 Å². The summed E-state index contributed by atoms with van der Waals surface area (Å²) in [7, 11) is 3.43. The van der Waals surface area contributed by atoms with Crippen molar-refractivity contribution in [1.82, 2.24) is 0 Å². The Balaban J connectivity index is 1.11. The monoisotopic (exact) mass is 912 g/mol. The molecule has 0 radical (unpaired) electrons. The van der Waals surface area contributed by atoms with Crippen molar-refractivity contribution in [3.8, 4) is 0 Å². The van der Waals surface area contributed by atoms with Crippen LogP contribution in [0.4, 0.5) is 0 Å². The van der Waals surface area contributed by atoms with Gasteiger partial charge in [-0.05, 0) is 33.4 Å². The Kier molecular flexibility index (Phi) is 16.5. The molecule has 9 rings (SSSR count). The third-order valence-corrected chi connectivity index (χ3v) is 14.1. The van der Waals surface area contributed by atoms with Crippen molar-refractivity contribution in [3.05, 3.63) is 215 Å². The first-order chi connectivity index (χ1) is 32.2. The molecular weight excluding hydrogens is 857 g/mol. The summed E-state index contributed by atoms with van der Waals surface area (Å²) in [6, 6.07) is 60.9. The highest BCUT2D eigenvalue weighted by Gasteiger charge is 2.62. The van der Waals surface area contributed by atoms with Gasteiger partial charge >= 0.3 is 0 Å². The molecule has 0 saturated carbocycles. The van der Waals surface area contributed by atoms with Crippen LogP contribution in [0.2, 0.25) is 0 Å². The molecule has 0 spiro atoms. The molecule has 0 N–H and O–H groups in total. The van der Waals surface area contributed by atoms with Crippen LogP contribution in [0.5, 0.6) is 0 Å². The topological polar surface area (TPSA) is 83.1 Å². The van der Waals surface area contributed by atoms with Crippen molar-refractivity contribution in [3.63, 3.8) is 0 Å². The second-order valence-corrected chi connectivity index (χ2v) is 19.0. The van der Waals surface area contributed by atoms with Gasteiger partial charge in [0.15, 0.2) is 6.29 Å². The highest BCUT2D eigenvalue weighted by Crippen LogP contribution is 2.45. The van der Waals surface area contributed by atoms with Crippen molar-refractivity contribution in [2.24, 2.45) is 0 Å². The van der Waals surface area contributed by atoms with Gasteiger partial charge in [-0.2, -0.15) is 0 Å². The Hall–Kier alpha value is -4.34. The molecule has 3 aliphatic heterocycles. The largest absolute Gasteiger partial charge is 0.371 e. The molecule has 11 heteroatoms. The molecule has 3 fully saturated rings. The predicted octanol–water partition coefficient (Wildman–Crippen LogP) is 10.4. The molecule has 65 heavy (non-hydrogen) atoms. The molecule has 9 nitrogen and oxygen atoms in total. The molecule has 338 valence electrons. The molecule has 0 aromatic heterocycles. The lowest BCUT2D eigenvalue weighted by atomic mass is 9.97. The van der Waals surface area contributed by atoms with Crippen LogP contribution in [0.25, 0.3) is 0 Å². The Bertz CT molecular complexity index is 2260. The van der Waals surface area contributed by atoms with Crippen LogP contribution in [0.1, 0.15) is 33.4 Å². The third-order valence-electron chi connectivity index (χ3n) is 11.7. The van der Waals surface area contributed by atoms with E-state index in [9.17, 15) is 0 Å². The molecular formula is C54H56O9S2. The zero-order valence-corrected chi connectivity index (χ0v) is 37.9. The molecule has 0 unspecified atom stereocenters. The molecule has 6 aromatic rings. The number of ether oxygens (including phenoxy) is 9. The van der Waals surface area contributed by atoms with E-state index in [1.807, 2.05) is 133 Å². The number of fused-ring (bicyclic) bond motifs is 4. The zero-order valence-electron chi connectivity index (χ0n) is 36.3. The Morgan fingerprint density at radius 1 is 0.385 bits per heavy atom. The highest BCUT2D eigenvalue weighted by atomic mass is 33.1. The van der Waals surface area contributed by atoms with E-state index in [2.05, 4.69) is 48.5 Å². The van der Waals surface area contributed by atoms with Crippen LogP contribution >= 0.6 is 21.6 Å². The summed E-state index contributed by atoms with van der Waals surface area (Å²) in [5, 5.41) is 0. The number of hydrogen-bond acceptors (Lipinski definition) is 11. The fourth-order valence-electron chi connectivity index (χ4n) is 8.44. The lowest BCUT2D eigenvalue weighted by molar-refractivity contribution is -0.393. The summed E-state index contributed by atoms with van der Waals surface area (Å²) in [5.41, 5.74) is 6.15. The molecule has 0 amide bonds. The fraction of sp³-hybridized carbons (Fsp3) is 0.333. The zero-order chi connectivity index (χ0) is 43.9. The van der Waals surface area contributed by atoms with E-state index in [1.165, 1.54) is 0 Å². The van der Waals surface area contributed by atoms with E-state index in [4.69, 9.17) is 42.6 Å². The summed E-state index contributed by atoms with van der Waals surface area (Å²) in [4.78, 5) is 0. The minimum Gasteiger partial charge on any atom is -0.371 e. The van der Waals surface area contributed by atoms with Crippen LogP contribution in [-0.4, -0.2) is 72.9 Å². The van der Waals surface area contributed by atoms with E-state index < -0.39 is 54.8 Å². The van der Waals surface area contributed by atoms with E-state index in [1.54, 1.807) is 21.6 Å². The van der Waals surface area contributed by atoms with Crippen molar-refractivity contribution in [2.45, 2.75) is 94.4 Å². The van der Waals surface area contributed by atoms with Gasteiger partial charge in [0.2, 0.25) is 5.79 Å². The molecule has 4 bridgehead atoms. The molecule has 6 aromatic carbocycles. The van der Waals surface area contributed by atoms with Crippen molar-refractivity contribution in [2.75, 3.05) is 18.1 Å². The van der Waals surface area contributed by atoms with Crippen molar-refractivity contribution < 1.29 is 42.6 Å². The van der Waals surface area contributed by atoms with Gasteiger partial charge in [0, 0.05) is 11.5 Å². The maximum absolute atomic E-state index is 7.49. The fourth-order valence-corrected chi connectivity index (χ4v) is 10.8. The first kappa shape index (κ1) is 45.8. The minimum absolute atomic E-state index is 0.0142. The SMILES string of the molecule is c1ccc(COC[C@@]23O[C@H]4O[C@H](CSSC[C@@H](O2)[C@@H](OCc2ccccc2)[C@@H]3OCc2ccccc2)[C@@H](OCc2ccccc2)[C@H](OCc2ccccc2)[C@H]4OCc2ccccc2)cc1. The lowest BCUT2D eigenvalue weighted by Crippen LogP contribution is -2.64. The molecule has 9 atom stereocenters. The predicted molar refractivity (Wildman–Crippen MR) is 253 cm³/mol. The van der Waals surface area contributed by atoms with E-state index in [-0.39, 0.29) is 13.2 Å². The second-order valence-electron chi connectivity index (χ2n) is 16.4. The average Bonchev–Trinajstić information content (AvgIpc) is 3.63. The molecule has 3 aliphatic rings. The number of rotatable bonds is 19. The van der Waals surface area contributed by atoms with Crippen LogP contribution in [0.3, 0.4) is 0 Å². The van der Waals surface area contributed by atoms with E-state index >= 15 is 0 Å². The summed E-state index contributed by atoms with van der Waals surface area (Å²) in [5.74, 6) is -0.335. The maximum Gasteiger partial charge on any atom is 0.224 e. The first-order valence-electron chi connectivity index (χ1n) is 22.3. The van der Waals surface area contributed by atoms with Gasteiger partial charge in [0.1, 0.15) is 37.1 Å². The molecule has 3 saturated heterocycles. The van der Waals surface area contributed by atoms with Gasteiger partial charge < -0.3 is 42.6 Å². The smallest absolute Gasteiger partial charge is 0.224 e. The summed E-state index contributed by atoms with van der Waals surface area (Å²) < 4.78 is 63.6. The van der Waals surface area contributed by atoms with Gasteiger partial charge in [0.25, 0.3) is 0 Å². The average molecular weight is 913 g/mol. The van der Waals surface area contributed by atoms with Gasteiger partial charge in [0.05, 0.1) is 51.8 Å². The molecule has 3 heterocycles. The highest BCUT2D eigenvalue weighted by molar-refractivity contribution is 8.76. The van der Waals surface area contributed by atoms with Gasteiger partial charge in [-0.1, -0.05) is 204 Å². The van der Waals surface area contributed by atoms with Crippen LogP contribution in [0, 0.1) is 0 Å². The van der Waals surface area contributed by atoms with Crippen molar-refractivity contribution >= 4 is 21.6 Å². The summed E-state index contributed by atoms with van der Waals surface area (Å²) in [6.45, 7) is 1.95. The summed E-state index contributed by atoms with van der Waals surface area (Å²) in [6.07, 6.45) is -5.15. The number of benzene rings is 6. The maximum atomic E-state index is 7.49. The summed E-state index contributed by atoms with van der Waals surface area (Å²) >= 11 is 0. The molecule has 0 aliphatic carbocycles. The normalized spacial score (nSPS) is 26.6. The quantitative estimate of drug-likeness (QED) is 0.0729. The van der Waals surface area contributed by atoms with Crippen LogP contribution in [0.15, 0.2) is 182 Å². The number of hydrogen-bond donors (Lipinski definition) is 0. The minimum atomic E-state index is -1.52. The Labute approximate surface area is 390 Å². The third kappa shape index (κ3) is 12.4. The van der Waals surface area contributed by atoms with E-state index in [0.717, 1.165) is 33.4 Å². The Morgan fingerprint density at radius 2 is 0.754 bits per heavy atom. The van der Waals surface area contributed by atoms with E-state index in [0.29, 0.717) is 44.5 Å². The standard InChI is InChI=1S/C54H56O9S2/c1-7-19-40(20-8-1)31-55-39-54-52(60-36-45-29-17-6-18-30-45)49(57-33-42-23-11-3-12-24-42)47(62-54)38-65-64-37-46-48(56-32-41-21-9-2-10-22-41)50(58-34-43-25-13-4-14-26-43)51(53(61-46)63-54)59-35-44-27-15-5-16-28-44/h1-30,46-53H,31-39H2/t46-,47-,48-,49-,50+,51-,52+,53-,54+/m1/s1. The second kappa shape index (κ2) is 23.4. The van der Waals surface area contributed by atoms with Gasteiger partial charge in [-0.25, -0.2) is 0 Å². The Morgan fingerprint density at radius 3 is 1.22 bits per heavy atom. The van der Waals surface area contributed by atoms with Gasteiger partial charge in [-0.15, -0.1) is 0 Å². The van der Waals surface area contributed by atoms with Gasteiger partial charge in [-0.3, -0.25) is 0 Å². The first-order valence-corrected chi connectivity index (χ1v) is 24.8.